The maximum atomic E-state index is 13.3. The van der Waals surface area contributed by atoms with Gasteiger partial charge in [-0.15, -0.1) is 0 Å². The lowest BCUT2D eigenvalue weighted by Crippen LogP contribution is -2.25. The number of rotatable bonds is 9. The van der Waals surface area contributed by atoms with Crippen LogP contribution in [0.5, 0.6) is 0 Å². The number of unbranched alkanes of at least 4 members (excludes halogenated alkanes) is 2. The fourth-order valence-electron chi connectivity index (χ4n) is 5.90. The molecule has 2 saturated carbocycles. The van der Waals surface area contributed by atoms with Crippen molar-refractivity contribution in [2.24, 2.45) is 23.7 Å². The van der Waals surface area contributed by atoms with E-state index in [1.165, 1.54) is 77.0 Å². The maximum Gasteiger partial charge on any atom is 0.194 e. The third kappa shape index (κ3) is 6.76. The Balaban J connectivity index is 1.29. The number of hydrogen-bond donors (Lipinski definition) is 0. The molecule has 164 valence electrons. The molecule has 3 rings (SSSR count). The highest BCUT2D eigenvalue weighted by Crippen LogP contribution is 2.43. The van der Waals surface area contributed by atoms with Gasteiger partial charge in [0.05, 0.1) is 0 Å². The van der Waals surface area contributed by atoms with E-state index in [9.17, 15) is 13.2 Å². The van der Waals surface area contributed by atoms with E-state index in [2.05, 4.69) is 6.92 Å². The summed E-state index contributed by atoms with van der Waals surface area (Å²) in [5, 5.41) is 0. The molecule has 2 fully saturated rings. The second-order valence-electron chi connectivity index (χ2n) is 9.82. The highest BCUT2D eigenvalue weighted by molar-refractivity contribution is 5.19. The van der Waals surface area contributed by atoms with E-state index in [1.807, 2.05) is 0 Å². The molecule has 1 aromatic rings. The van der Waals surface area contributed by atoms with Crippen molar-refractivity contribution in [3.8, 4) is 0 Å². The standard InChI is InChI=1S/C26H39F3/c1-2-3-6-19-9-13-22(14-10-19)23-15-11-20(12-16-23)7-4-5-8-21-17-24(27)26(29)25(28)18-21/h17-20,22-23H,2-16H2,1H3. The predicted molar refractivity (Wildman–Crippen MR) is 114 cm³/mol. The lowest BCUT2D eigenvalue weighted by atomic mass is 9.68. The molecule has 0 atom stereocenters. The Morgan fingerprint density at radius 3 is 1.66 bits per heavy atom. The molecule has 2 aliphatic carbocycles. The van der Waals surface area contributed by atoms with Crippen molar-refractivity contribution in [2.75, 3.05) is 0 Å². The largest absolute Gasteiger partial charge is 0.204 e. The zero-order valence-electron chi connectivity index (χ0n) is 18.2. The summed E-state index contributed by atoms with van der Waals surface area (Å²) in [5.41, 5.74) is 0.569. The van der Waals surface area contributed by atoms with Crippen LogP contribution in [0.2, 0.25) is 0 Å². The topological polar surface area (TPSA) is 0 Å². The van der Waals surface area contributed by atoms with Crippen molar-refractivity contribution < 1.29 is 13.2 Å². The predicted octanol–water partition coefficient (Wildman–Crippen LogP) is 8.62. The maximum absolute atomic E-state index is 13.3. The van der Waals surface area contributed by atoms with Gasteiger partial charge in [-0.1, -0.05) is 64.7 Å². The fraction of sp³-hybridized carbons (Fsp3) is 0.769. The van der Waals surface area contributed by atoms with Gasteiger partial charge in [-0.2, -0.15) is 0 Å². The normalized spacial score (nSPS) is 27.9. The third-order valence-corrected chi connectivity index (χ3v) is 7.79. The van der Waals surface area contributed by atoms with Crippen LogP contribution in [-0.4, -0.2) is 0 Å². The molecule has 0 aliphatic heterocycles. The summed E-state index contributed by atoms with van der Waals surface area (Å²) in [5.74, 6) is 0.274. The molecule has 0 radical (unpaired) electrons. The van der Waals surface area contributed by atoms with Crippen molar-refractivity contribution in [2.45, 2.75) is 103 Å². The summed E-state index contributed by atoms with van der Waals surface area (Å²) in [6.07, 6.45) is 19.5. The Morgan fingerprint density at radius 2 is 1.17 bits per heavy atom. The Kier molecular flexibility index (Phi) is 8.93. The van der Waals surface area contributed by atoms with Gasteiger partial charge in [0.1, 0.15) is 0 Å². The van der Waals surface area contributed by atoms with E-state index in [1.54, 1.807) is 0 Å². The summed E-state index contributed by atoms with van der Waals surface area (Å²) >= 11 is 0. The van der Waals surface area contributed by atoms with Crippen LogP contribution in [0.1, 0.15) is 102 Å². The zero-order valence-corrected chi connectivity index (χ0v) is 18.2. The fourth-order valence-corrected chi connectivity index (χ4v) is 5.90. The van der Waals surface area contributed by atoms with Gasteiger partial charge in [-0.3, -0.25) is 0 Å². The molecule has 1 aromatic carbocycles. The number of halogens is 3. The second kappa shape index (κ2) is 11.4. The van der Waals surface area contributed by atoms with Gasteiger partial charge in [0, 0.05) is 0 Å². The third-order valence-electron chi connectivity index (χ3n) is 7.79. The van der Waals surface area contributed by atoms with Crippen LogP contribution in [0.25, 0.3) is 0 Å². The molecular formula is C26H39F3. The van der Waals surface area contributed by atoms with Gasteiger partial charge in [-0.25, -0.2) is 13.2 Å². The SMILES string of the molecule is CCCCC1CCC(C2CCC(CCCCc3cc(F)c(F)c(F)c3)CC2)CC1. The smallest absolute Gasteiger partial charge is 0.194 e. The lowest BCUT2D eigenvalue weighted by Gasteiger charge is -2.38. The van der Waals surface area contributed by atoms with Crippen molar-refractivity contribution in [1.82, 2.24) is 0 Å². The minimum absolute atomic E-state index is 0.569. The van der Waals surface area contributed by atoms with E-state index in [-0.39, 0.29) is 0 Å². The summed E-state index contributed by atoms with van der Waals surface area (Å²) in [7, 11) is 0. The number of benzene rings is 1. The zero-order chi connectivity index (χ0) is 20.6. The van der Waals surface area contributed by atoms with Crippen LogP contribution in [-0.2, 0) is 6.42 Å². The van der Waals surface area contributed by atoms with Crippen molar-refractivity contribution in [1.29, 1.82) is 0 Å². The molecule has 0 spiro atoms. The van der Waals surface area contributed by atoms with Crippen LogP contribution >= 0.6 is 0 Å². The molecule has 29 heavy (non-hydrogen) atoms. The molecule has 0 amide bonds. The molecule has 2 aliphatic rings. The molecule has 0 bridgehead atoms. The van der Waals surface area contributed by atoms with Crippen molar-refractivity contribution >= 4 is 0 Å². The average molecular weight is 409 g/mol. The minimum Gasteiger partial charge on any atom is -0.204 e. The number of hydrogen-bond acceptors (Lipinski definition) is 0. The van der Waals surface area contributed by atoms with Crippen molar-refractivity contribution in [3.05, 3.63) is 35.1 Å². The van der Waals surface area contributed by atoms with Crippen LogP contribution in [0.3, 0.4) is 0 Å². The first kappa shape index (κ1) is 22.7. The first-order chi connectivity index (χ1) is 14.1. The van der Waals surface area contributed by atoms with E-state index in [0.29, 0.717) is 12.0 Å². The molecular weight excluding hydrogens is 369 g/mol. The monoisotopic (exact) mass is 408 g/mol. The molecule has 0 unspecified atom stereocenters. The van der Waals surface area contributed by atoms with E-state index in [4.69, 9.17) is 0 Å². The Morgan fingerprint density at radius 1 is 0.690 bits per heavy atom. The van der Waals surface area contributed by atoms with Gasteiger partial charge in [0.15, 0.2) is 17.5 Å². The quantitative estimate of drug-likeness (QED) is 0.283. The Hall–Kier alpha value is -0.990. The van der Waals surface area contributed by atoms with Gasteiger partial charge in [-0.05, 0) is 79.9 Å². The Bertz CT molecular complexity index is 587. The van der Waals surface area contributed by atoms with Gasteiger partial charge < -0.3 is 0 Å². The minimum atomic E-state index is -1.36. The van der Waals surface area contributed by atoms with Crippen LogP contribution in [0.4, 0.5) is 13.2 Å². The second-order valence-corrected chi connectivity index (χ2v) is 9.82. The highest BCUT2D eigenvalue weighted by Gasteiger charge is 2.30. The van der Waals surface area contributed by atoms with E-state index in [0.717, 1.165) is 48.6 Å². The van der Waals surface area contributed by atoms with Crippen LogP contribution < -0.4 is 0 Å². The highest BCUT2D eigenvalue weighted by atomic mass is 19.2. The van der Waals surface area contributed by atoms with Crippen molar-refractivity contribution in [3.63, 3.8) is 0 Å². The first-order valence-electron chi connectivity index (χ1n) is 12.2. The van der Waals surface area contributed by atoms with E-state index >= 15 is 0 Å². The molecule has 0 N–H and O–H groups in total. The molecule has 0 heterocycles. The molecule has 0 saturated heterocycles. The summed E-state index contributed by atoms with van der Waals surface area (Å²) in [6, 6.07) is 2.28. The molecule has 3 heteroatoms. The van der Waals surface area contributed by atoms with Gasteiger partial charge in [0.25, 0.3) is 0 Å². The summed E-state index contributed by atoms with van der Waals surface area (Å²) in [6.45, 7) is 2.30. The number of aryl methyl sites for hydroxylation is 1. The van der Waals surface area contributed by atoms with Crippen LogP contribution in [0, 0.1) is 41.1 Å². The van der Waals surface area contributed by atoms with Gasteiger partial charge in [0.2, 0.25) is 0 Å². The van der Waals surface area contributed by atoms with Crippen LogP contribution in [0.15, 0.2) is 12.1 Å². The summed E-state index contributed by atoms with van der Waals surface area (Å²) in [4.78, 5) is 0. The van der Waals surface area contributed by atoms with Gasteiger partial charge >= 0.3 is 0 Å². The molecule has 0 aromatic heterocycles. The van der Waals surface area contributed by atoms with E-state index < -0.39 is 17.5 Å². The lowest BCUT2D eigenvalue weighted by molar-refractivity contribution is 0.140. The summed E-state index contributed by atoms with van der Waals surface area (Å²) < 4.78 is 39.6. The average Bonchev–Trinajstić information content (AvgIpc) is 2.74. The molecule has 0 nitrogen and oxygen atoms in total. The first-order valence-corrected chi connectivity index (χ1v) is 12.2. The Labute approximate surface area is 175 Å².